The summed E-state index contributed by atoms with van der Waals surface area (Å²) in [5.41, 5.74) is 7.30. The SMILES string of the molecule is CC(C(=O)Nc1cc(Cl)ccc1F)N1C[C@@H](CN)[C@H](c2ccccc2)C1. The van der Waals surface area contributed by atoms with E-state index in [4.69, 9.17) is 17.3 Å². The summed E-state index contributed by atoms with van der Waals surface area (Å²) in [5.74, 6) is -0.177. The number of nitrogens with two attached hydrogens (primary N) is 1. The van der Waals surface area contributed by atoms with Crippen LogP contribution in [0.25, 0.3) is 0 Å². The van der Waals surface area contributed by atoms with Crippen molar-refractivity contribution < 1.29 is 9.18 Å². The van der Waals surface area contributed by atoms with Crippen LogP contribution < -0.4 is 11.1 Å². The molecule has 4 nitrogen and oxygen atoms in total. The van der Waals surface area contributed by atoms with Gasteiger partial charge in [0.25, 0.3) is 0 Å². The molecule has 26 heavy (non-hydrogen) atoms. The number of benzene rings is 2. The van der Waals surface area contributed by atoms with Gasteiger partial charge in [-0.3, -0.25) is 9.69 Å². The molecule has 138 valence electrons. The van der Waals surface area contributed by atoms with Crippen molar-refractivity contribution >= 4 is 23.2 Å². The third kappa shape index (κ3) is 4.06. The summed E-state index contributed by atoms with van der Waals surface area (Å²) < 4.78 is 13.9. The zero-order chi connectivity index (χ0) is 18.7. The van der Waals surface area contributed by atoms with Crippen LogP contribution in [0.5, 0.6) is 0 Å². The highest BCUT2D eigenvalue weighted by Crippen LogP contribution is 2.33. The molecule has 6 heteroatoms. The zero-order valence-corrected chi connectivity index (χ0v) is 15.4. The summed E-state index contributed by atoms with van der Waals surface area (Å²) >= 11 is 5.89. The van der Waals surface area contributed by atoms with Crippen molar-refractivity contribution in [2.24, 2.45) is 11.7 Å². The first-order chi connectivity index (χ1) is 12.5. The first-order valence-electron chi connectivity index (χ1n) is 8.74. The Morgan fingerprint density at radius 1 is 1.31 bits per heavy atom. The van der Waals surface area contributed by atoms with Crippen molar-refractivity contribution in [3.8, 4) is 0 Å². The normalized spacial score (nSPS) is 21.5. The van der Waals surface area contributed by atoms with Gasteiger partial charge in [0.2, 0.25) is 5.91 Å². The van der Waals surface area contributed by atoms with Gasteiger partial charge in [0.15, 0.2) is 0 Å². The summed E-state index contributed by atoms with van der Waals surface area (Å²) in [6, 6.07) is 13.9. The van der Waals surface area contributed by atoms with Gasteiger partial charge in [0.05, 0.1) is 11.7 Å². The molecule has 1 heterocycles. The van der Waals surface area contributed by atoms with Crippen LogP contribution in [0.15, 0.2) is 48.5 Å². The van der Waals surface area contributed by atoms with Crippen LogP contribution >= 0.6 is 11.6 Å². The van der Waals surface area contributed by atoms with Crippen LogP contribution in [-0.2, 0) is 4.79 Å². The average Bonchev–Trinajstić information content (AvgIpc) is 3.09. The molecule has 0 bridgehead atoms. The van der Waals surface area contributed by atoms with E-state index in [0.29, 0.717) is 17.5 Å². The minimum atomic E-state index is -0.502. The minimum absolute atomic E-state index is 0.100. The van der Waals surface area contributed by atoms with Gasteiger partial charge >= 0.3 is 0 Å². The predicted molar refractivity (Wildman–Crippen MR) is 103 cm³/mol. The Balaban J connectivity index is 1.70. The molecule has 1 fully saturated rings. The van der Waals surface area contributed by atoms with E-state index in [9.17, 15) is 9.18 Å². The third-order valence-electron chi connectivity index (χ3n) is 5.11. The minimum Gasteiger partial charge on any atom is -0.330 e. The molecule has 3 N–H and O–H groups in total. The van der Waals surface area contributed by atoms with Crippen molar-refractivity contribution in [1.29, 1.82) is 0 Å². The van der Waals surface area contributed by atoms with Gasteiger partial charge in [0.1, 0.15) is 5.82 Å². The zero-order valence-electron chi connectivity index (χ0n) is 14.7. The fourth-order valence-corrected chi connectivity index (χ4v) is 3.71. The Kier molecular flexibility index (Phi) is 5.91. The summed E-state index contributed by atoms with van der Waals surface area (Å²) in [6.07, 6.45) is 0. The molecule has 0 radical (unpaired) electrons. The lowest BCUT2D eigenvalue weighted by Gasteiger charge is -2.23. The average molecular weight is 376 g/mol. The molecule has 3 atom stereocenters. The highest BCUT2D eigenvalue weighted by Gasteiger charge is 2.37. The van der Waals surface area contributed by atoms with E-state index >= 15 is 0 Å². The fraction of sp³-hybridized carbons (Fsp3) is 0.350. The Morgan fingerprint density at radius 2 is 2.04 bits per heavy atom. The molecule has 1 aliphatic heterocycles. The maximum atomic E-state index is 13.9. The molecule has 2 aromatic carbocycles. The number of nitrogens with zero attached hydrogens (tertiary/aromatic N) is 1. The highest BCUT2D eigenvalue weighted by atomic mass is 35.5. The standard InChI is InChI=1S/C20H23ClFN3O/c1-13(20(26)24-19-9-16(21)7-8-18(19)22)25-11-15(10-23)17(12-25)14-5-3-2-4-6-14/h2-9,13,15,17H,10-12,23H2,1H3,(H,24,26)/t13?,15-,17+/m1/s1. The number of amides is 1. The molecular formula is C20H23ClFN3O. The monoisotopic (exact) mass is 375 g/mol. The van der Waals surface area contributed by atoms with Gasteiger partial charge in [-0.25, -0.2) is 4.39 Å². The molecule has 1 aliphatic rings. The van der Waals surface area contributed by atoms with Crippen LogP contribution in [-0.4, -0.2) is 36.5 Å². The number of likely N-dealkylation sites (tertiary alicyclic amines) is 1. The van der Waals surface area contributed by atoms with Crippen LogP contribution in [0, 0.1) is 11.7 Å². The maximum absolute atomic E-state index is 13.9. The van der Waals surface area contributed by atoms with Crippen LogP contribution in [0.2, 0.25) is 5.02 Å². The Bertz CT molecular complexity index is 771. The van der Waals surface area contributed by atoms with E-state index < -0.39 is 11.9 Å². The Hall–Kier alpha value is -1.95. The summed E-state index contributed by atoms with van der Waals surface area (Å²) in [7, 11) is 0. The molecule has 1 amide bonds. The van der Waals surface area contributed by atoms with Crippen molar-refractivity contribution in [3.63, 3.8) is 0 Å². The third-order valence-corrected chi connectivity index (χ3v) is 5.35. The lowest BCUT2D eigenvalue weighted by Crippen LogP contribution is -2.41. The van der Waals surface area contributed by atoms with Gasteiger partial charge in [-0.2, -0.15) is 0 Å². The topological polar surface area (TPSA) is 58.4 Å². The van der Waals surface area contributed by atoms with Crippen molar-refractivity contribution in [1.82, 2.24) is 4.90 Å². The van der Waals surface area contributed by atoms with E-state index in [1.54, 1.807) is 0 Å². The van der Waals surface area contributed by atoms with Gasteiger partial charge in [-0.15, -0.1) is 0 Å². The first-order valence-corrected chi connectivity index (χ1v) is 9.12. The fourth-order valence-electron chi connectivity index (χ4n) is 3.53. The van der Waals surface area contributed by atoms with E-state index in [-0.39, 0.29) is 17.5 Å². The van der Waals surface area contributed by atoms with E-state index in [1.165, 1.54) is 23.8 Å². The molecule has 0 spiro atoms. The van der Waals surface area contributed by atoms with E-state index in [2.05, 4.69) is 22.3 Å². The summed E-state index contributed by atoms with van der Waals surface area (Å²) in [5, 5.41) is 3.02. The number of carbonyl (C=O) groups is 1. The second-order valence-corrected chi connectivity index (χ2v) is 7.19. The molecule has 0 aliphatic carbocycles. The highest BCUT2D eigenvalue weighted by molar-refractivity contribution is 6.30. The number of hydrogen-bond acceptors (Lipinski definition) is 3. The Morgan fingerprint density at radius 3 is 2.73 bits per heavy atom. The smallest absolute Gasteiger partial charge is 0.241 e. The molecule has 0 saturated carbocycles. The number of anilines is 1. The second-order valence-electron chi connectivity index (χ2n) is 6.76. The first kappa shape index (κ1) is 18.8. The number of halogens is 2. The van der Waals surface area contributed by atoms with Crippen LogP contribution in [0.1, 0.15) is 18.4 Å². The lowest BCUT2D eigenvalue weighted by molar-refractivity contribution is -0.120. The van der Waals surface area contributed by atoms with Gasteiger partial charge in [-0.1, -0.05) is 41.9 Å². The van der Waals surface area contributed by atoms with Gasteiger partial charge < -0.3 is 11.1 Å². The predicted octanol–water partition coefficient (Wildman–Crippen LogP) is 3.48. The molecule has 3 rings (SSSR count). The van der Waals surface area contributed by atoms with Crippen molar-refractivity contribution in [2.75, 3.05) is 25.0 Å². The molecule has 1 saturated heterocycles. The van der Waals surface area contributed by atoms with Crippen molar-refractivity contribution in [3.05, 3.63) is 64.9 Å². The molecule has 1 unspecified atom stereocenters. The quantitative estimate of drug-likeness (QED) is 0.841. The van der Waals surface area contributed by atoms with Crippen LogP contribution in [0.4, 0.5) is 10.1 Å². The lowest BCUT2D eigenvalue weighted by atomic mass is 9.89. The molecule has 2 aromatic rings. The van der Waals surface area contributed by atoms with Crippen LogP contribution in [0.3, 0.4) is 0 Å². The number of nitrogens with one attached hydrogen (secondary N) is 1. The van der Waals surface area contributed by atoms with E-state index in [0.717, 1.165) is 13.1 Å². The number of carbonyl (C=O) groups excluding carboxylic acids is 1. The van der Waals surface area contributed by atoms with E-state index in [1.807, 2.05) is 25.1 Å². The van der Waals surface area contributed by atoms with Crippen molar-refractivity contribution in [2.45, 2.75) is 18.9 Å². The van der Waals surface area contributed by atoms with Gasteiger partial charge in [0, 0.05) is 24.0 Å². The van der Waals surface area contributed by atoms with Gasteiger partial charge in [-0.05, 0) is 43.1 Å². The number of hydrogen-bond donors (Lipinski definition) is 2. The largest absolute Gasteiger partial charge is 0.330 e. The summed E-state index contributed by atoms with van der Waals surface area (Å²) in [6.45, 7) is 3.88. The molecular weight excluding hydrogens is 353 g/mol. The summed E-state index contributed by atoms with van der Waals surface area (Å²) in [4.78, 5) is 14.7. The molecule has 0 aromatic heterocycles. The Labute approximate surface area is 158 Å². The maximum Gasteiger partial charge on any atom is 0.241 e. The number of rotatable bonds is 5. The second kappa shape index (κ2) is 8.16.